The Balaban J connectivity index is 1.58. The number of nitrogens with one attached hydrogen (secondary N) is 2. The summed E-state index contributed by atoms with van der Waals surface area (Å²) < 4.78 is 26.3. The number of nitrogens with zero attached hydrogens (tertiary/aromatic N) is 4. The van der Waals surface area contributed by atoms with Gasteiger partial charge in [-0.3, -0.25) is 10.2 Å². The van der Waals surface area contributed by atoms with Crippen molar-refractivity contribution in [1.29, 1.82) is 10.7 Å². The van der Waals surface area contributed by atoms with E-state index in [9.17, 15) is 10.1 Å². The van der Waals surface area contributed by atoms with E-state index < -0.39 is 11.4 Å². The molecule has 0 saturated carbocycles. The fraction of sp³-hybridized carbons (Fsp3) is 0.385. The molecule has 0 saturated heterocycles. The van der Waals surface area contributed by atoms with Crippen molar-refractivity contribution < 1.29 is 18.7 Å². The molecule has 2 N–H and O–H groups in total. The van der Waals surface area contributed by atoms with E-state index >= 15 is 4.39 Å². The SMILES string of the molecule is CCOc1cc2c(c(F)c1OCC)C(=N)N(CC(=O)c1ccc3nc(N(C#N)C(C)(C)C)[nH]c3c1)C2. The number of carbonyl (C=O) groups excluding carboxylic acids is 1. The van der Waals surface area contributed by atoms with Crippen molar-refractivity contribution in [1.82, 2.24) is 14.9 Å². The van der Waals surface area contributed by atoms with Gasteiger partial charge in [0, 0.05) is 17.6 Å². The van der Waals surface area contributed by atoms with Gasteiger partial charge in [0.15, 0.2) is 29.3 Å². The van der Waals surface area contributed by atoms with E-state index in [2.05, 4.69) is 16.2 Å². The second-order valence-electron chi connectivity index (χ2n) is 9.44. The van der Waals surface area contributed by atoms with E-state index in [4.69, 9.17) is 14.9 Å². The highest BCUT2D eigenvalue weighted by atomic mass is 19.1. The number of ketones is 1. The number of carbonyl (C=O) groups is 1. The number of anilines is 1. The van der Waals surface area contributed by atoms with Crippen LogP contribution in [0.2, 0.25) is 0 Å². The Morgan fingerprint density at radius 1 is 1.28 bits per heavy atom. The number of imidazole rings is 1. The molecule has 9 nitrogen and oxygen atoms in total. The third-order valence-corrected chi connectivity index (χ3v) is 5.88. The van der Waals surface area contributed by atoms with Gasteiger partial charge in [0.05, 0.1) is 36.4 Å². The Labute approximate surface area is 208 Å². The number of ether oxygens (including phenoxy) is 2. The zero-order valence-electron chi connectivity index (χ0n) is 21.0. The summed E-state index contributed by atoms with van der Waals surface area (Å²) in [6, 6.07) is 6.74. The summed E-state index contributed by atoms with van der Waals surface area (Å²) in [5.41, 5.74) is 1.90. The van der Waals surface area contributed by atoms with Crippen molar-refractivity contribution >= 4 is 28.6 Å². The van der Waals surface area contributed by atoms with Crippen molar-refractivity contribution in [2.45, 2.75) is 46.7 Å². The summed E-state index contributed by atoms with van der Waals surface area (Å²) in [7, 11) is 0. The summed E-state index contributed by atoms with van der Waals surface area (Å²) in [6.07, 6.45) is 2.14. The number of aromatic amines is 1. The van der Waals surface area contributed by atoms with E-state index in [1.54, 1.807) is 38.1 Å². The minimum absolute atomic E-state index is 0.0156. The molecule has 0 fully saturated rings. The maximum Gasteiger partial charge on any atom is 0.217 e. The second kappa shape index (κ2) is 9.49. The van der Waals surface area contributed by atoms with E-state index in [0.717, 1.165) is 0 Å². The first kappa shape index (κ1) is 25.0. The monoisotopic (exact) mass is 492 g/mol. The van der Waals surface area contributed by atoms with Gasteiger partial charge in [0.25, 0.3) is 0 Å². The molecule has 10 heteroatoms. The Morgan fingerprint density at radius 3 is 2.64 bits per heavy atom. The number of amidine groups is 1. The lowest BCUT2D eigenvalue weighted by Crippen LogP contribution is -2.38. The second-order valence-corrected chi connectivity index (χ2v) is 9.44. The average molecular weight is 493 g/mol. The van der Waals surface area contributed by atoms with Gasteiger partial charge in [-0.15, -0.1) is 0 Å². The lowest BCUT2D eigenvalue weighted by atomic mass is 10.1. The van der Waals surface area contributed by atoms with Gasteiger partial charge in [-0.2, -0.15) is 5.26 Å². The van der Waals surface area contributed by atoms with Crippen LogP contribution in [0, 0.1) is 22.7 Å². The molecule has 0 aliphatic carbocycles. The van der Waals surface area contributed by atoms with Crippen molar-refractivity contribution in [2.24, 2.45) is 0 Å². The number of hydrogen-bond acceptors (Lipinski definition) is 7. The molecule has 3 aromatic rings. The van der Waals surface area contributed by atoms with Crippen LogP contribution in [-0.4, -0.2) is 51.8 Å². The normalized spacial score (nSPS) is 13.0. The molecular weight excluding hydrogens is 463 g/mol. The van der Waals surface area contributed by atoms with Crippen LogP contribution in [0.25, 0.3) is 11.0 Å². The number of fused-ring (bicyclic) bond motifs is 2. The van der Waals surface area contributed by atoms with E-state index in [1.165, 1.54) is 9.80 Å². The number of rotatable bonds is 8. The van der Waals surface area contributed by atoms with Crippen LogP contribution in [0.15, 0.2) is 24.3 Å². The predicted octanol–water partition coefficient (Wildman–Crippen LogP) is 4.61. The van der Waals surface area contributed by atoms with E-state index in [-0.39, 0.29) is 42.6 Å². The lowest BCUT2D eigenvalue weighted by molar-refractivity contribution is 0.0962. The summed E-state index contributed by atoms with van der Waals surface area (Å²) in [5.74, 6) is -0.275. The number of hydrogen-bond donors (Lipinski definition) is 2. The number of Topliss-reactive ketones (excluding diaryl/α,β-unsaturated/α-hetero) is 1. The highest BCUT2D eigenvalue weighted by Gasteiger charge is 2.33. The van der Waals surface area contributed by atoms with Gasteiger partial charge < -0.3 is 19.4 Å². The molecule has 0 radical (unpaired) electrons. The van der Waals surface area contributed by atoms with Crippen LogP contribution in [0.4, 0.5) is 10.3 Å². The Hall–Kier alpha value is -4.13. The highest BCUT2D eigenvalue weighted by Crippen LogP contribution is 2.39. The summed E-state index contributed by atoms with van der Waals surface area (Å²) in [4.78, 5) is 23.7. The largest absolute Gasteiger partial charge is 0.490 e. The summed E-state index contributed by atoms with van der Waals surface area (Å²) >= 11 is 0. The predicted molar refractivity (Wildman–Crippen MR) is 134 cm³/mol. The molecule has 2 aromatic carbocycles. The first-order valence-electron chi connectivity index (χ1n) is 11.8. The smallest absolute Gasteiger partial charge is 0.217 e. The fourth-order valence-electron chi connectivity index (χ4n) is 4.21. The van der Waals surface area contributed by atoms with Crippen LogP contribution in [0.1, 0.15) is 56.1 Å². The van der Waals surface area contributed by atoms with Gasteiger partial charge in [-0.1, -0.05) is 0 Å². The average Bonchev–Trinajstić information content (AvgIpc) is 3.36. The summed E-state index contributed by atoms with van der Waals surface area (Å²) in [6.45, 7) is 9.97. The molecule has 1 aliphatic rings. The standard InChI is InChI=1S/C26H29FN6O3/c1-6-35-20-11-16-12-32(24(29)21(16)22(27)23(20)36-7-2)13-19(34)15-8-9-17-18(10-15)31-25(30-17)33(14-28)26(3,4)5/h8-11,29H,6-7,12-13H2,1-5H3,(H,30,31). The molecule has 1 aromatic heterocycles. The lowest BCUT2D eigenvalue weighted by Gasteiger charge is -2.27. The fourth-order valence-corrected chi connectivity index (χ4v) is 4.21. The van der Waals surface area contributed by atoms with Crippen molar-refractivity contribution in [2.75, 3.05) is 24.7 Å². The van der Waals surface area contributed by atoms with Crippen LogP contribution in [-0.2, 0) is 6.54 Å². The maximum absolute atomic E-state index is 15.3. The van der Waals surface area contributed by atoms with Gasteiger partial charge >= 0.3 is 0 Å². The molecule has 2 heterocycles. The highest BCUT2D eigenvalue weighted by molar-refractivity contribution is 6.06. The van der Waals surface area contributed by atoms with Gasteiger partial charge in [-0.05, 0) is 64.4 Å². The molecule has 1 aliphatic heterocycles. The van der Waals surface area contributed by atoms with E-state index in [0.29, 0.717) is 40.5 Å². The topological polar surface area (TPSA) is 118 Å². The number of aromatic nitrogens is 2. The van der Waals surface area contributed by atoms with Crippen LogP contribution < -0.4 is 14.4 Å². The molecule has 36 heavy (non-hydrogen) atoms. The molecule has 0 bridgehead atoms. The van der Waals surface area contributed by atoms with E-state index in [1.807, 2.05) is 20.8 Å². The van der Waals surface area contributed by atoms with Gasteiger partial charge in [0.1, 0.15) is 5.84 Å². The Morgan fingerprint density at radius 2 is 2.00 bits per heavy atom. The zero-order chi connectivity index (χ0) is 26.2. The molecule has 188 valence electrons. The Bertz CT molecular complexity index is 1390. The van der Waals surface area contributed by atoms with Gasteiger partial charge in [-0.25, -0.2) is 14.3 Å². The first-order valence-corrected chi connectivity index (χ1v) is 11.8. The first-order chi connectivity index (χ1) is 17.1. The van der Waals surface area contributed by atoms with Gasteiger partial charge in [0.2, 0.25) is 5.95 Å². The molecule has 0 atom stereocenters. The van der Waals surface area contributed by atoms with Crippen LogP contribution in [0.5, 0.6) is 11.5 Å². The minimum Gasteiger partial charge on any atom is -0.490 e. The van der Waals surface area contributed by atoms with Crippen LogP contribution >= 0.6 is 0 Å². The minimum atomic E-state index is -0.648. The molecule has 0 amide bonds. The quantitative estimate of drug-likeness (QED) is 0.268. The third-order valence-electron chi connectivity index (χ3n) is 5.88. The zero-order valence-corrected chi connectivity index (χ0v) is 21.0. The maximum atomic E-state index is 15.3. The number of halogens is 1. The molecule has 4 rings (SSSR count). The molecular formula is C26H29FN6O3. The summed E-state index contributed by atoms with van der Waals surface area (Å²) in [5, 5.41) is 18.1. The van der Waals surface area contributed by atoms with Crippen molar-refractivity contribution in [3.8, 4) is 17.7 Å². The third kappa shape index (κ3) is 4.44. The Kier molecular flexibility index (Phi) is 6.59. The van der Waals surface area contributed by atoms with Crippen molar-refractivity contribution in [3.63, 3.8) is 0 Å². The number of benzene rings is 2. The molecule has 0 spiro atoms. The number of H-pyrrole nitrogens is 1. The van der Waals surface area contributed by atoms with Crippen molar-refractivity contribution in [3.05, 3.63) is 46.8 Å². The molecule has 0 unspecified atom stereocenters. The number of nitriles is 1. The van der Waals surface area contributed by atoms with Crippen LogP contribution in [0.3, 0.4) is 0 Å².